The van der Waals surface area contributed by atoms with Crippen molar-refractivity contribution in [2.45, 2.75) is 51.5 Å². The lowest BCUT2D eigenvalue weighted by Gasteiger charge is -2.36. The monoisotopic (exact) mass is 548 g/mol. The zero-order valence-corrected chi connectivity index (χ0v) is 23.4. The van der Waals surface area contributed by atoms with Crippen molar-refractivity contribution in [3.05, 3.63) is 83.2 Å². The van der Waals surface area contributed by atoms with Crippen molar-refractivity contribution < 1.29 is 14.3 Å². The highest BCUT2D eigenvalue weighted by atomic mass is 16.5. The molecule has 0 bridgehead atoms. The van der Waals surface area contributed by atoms with E-state index in [-0.39, 0.29) is 24.7 Å². The van der Waals surface area contributed by atoms with E-state index in [4.69, 9.17) is 19.4 Å². The SMILES string of the molecule is C[C@@H]1CN(c2cccc(-c3ccc4cnc(CNC(=O)c5ccc6c(c5)[C@@](C)(C#N)COC6)cc4n3)n2)C[C@H](C)O1. The lowest BCUT2D eigenvalue weighted by molar-refractivity contribution is -0.00545. The molecule has 2 aliphatic heterocycles. The number of rotatable bonds is 5. The normalized spacial score (nSPS) is 22.1. The van der Waals surface area contributed by atoms with Gasteiger partial charge in [-0.3, -0.25) is 9.78 Å². The van der Waals surface area contributed by atoms with Crippen LogP contribution < -0.4 is 10.2 Å². The van der Waals surface area contributed by atoms with E-state index >= 15 is 0 Å². The highest BCUT2D eigenvalue weighted by Gasteiger charge is 2.33. The number of ether oxygens (including phenoxy) is 2. The maximum atomic E-state index is 13.0. The molecule has 208 valence electrons. The summed E-state index contributed by atoms with van der Waals surface area (Å²) in [6, 6.07) is 19.6. The molecule has 41 heavy (non-hydrogen) atoms. The Kier molecular flexibility index (Phi) is 7.12. The molecule has 3 atom stereocenters. The first kappa shape index (κ1) is 26.8. The van der Waals surface area contributed by atoms with Gasteiger partial charge in [0.15, 0.2) is 0 Å². The number of nitrogens with zero attached hydrogens (tertiary/aromatic N) is 5. The number of carbonyl (C=O) groups is 1. The number of nitriles is 1. The van der Waals surface area contributed by atoms with Gasteiger partial charge < -0.3 is 19.7 Å². The predicted octanol–water partition coefficient (Wildman–Crippen LogP) is 4.55. The van der Waals surface area contributed by atoms with Gasteiger partial charge in [-0.15, -0.1) is 0 Å². The lowest BCUT2D eigenvalue weighted by atomic mass is 9.79. The molecule has 0 unspecified atom stereocenters. The molecule has 4 aromatic rings. The molecule has 2 aliphatic rings. The summed E-state index contributed by atoms with van der Waals surface area (Å²) in [5.41, 5.74) is 4.55. The van der Waals surface area contributed by atoms with E-state index in [9.17, 15) is 10.1 Å². The van der Waals surface area contributed by atoms with E-state index in [1.54, 1.807) is 18.3 Å². The molecule has 0 spiro atoms. The first-order valence-corrected chi connectivity index (χ1v) is 13.9. The van der Waals surface area contributed by atoms with Crippen LogP contribution in [-0.4, -0.2) is 52.8 Å². The number of fused-ring (bicyclic) bond motifs is 2. The minimum absolute atomic E-state index is 0.147. The van der Waals surface area contributed by atoms with E-state index in [1.807, 2.05) is 49.4 Å². The maximum absolute atomic E-state index is 13.0. The van der Waals surface area contributed by atoms with Crippen LogP contribution in [0.3, 0.4) is 0 Å². The molecule has 6 rings (SSSR count). The van der Waals surface area contributed by atoms with Crippen LogP contribution in [0.4, 0.5) is 5.82 Å². The second kappa shape index (κ2) is 10.9. The summed E-state index contributed by atoms with van der Waals surface area (Å²) in [7, 11) is 0. The second-order valence-corrected chi connectivity index (χ2v) is 11.1. The maximum Gasteiger partial charge on any atom is 0.251 e. The van der Waals surface area contributed by atoms with Crippen molar-refractivity contribution in [1.29, 1.82) is 5.26 Å². The van der Waals surface area contributed by atoms with Crippen LogP contribution in [0.25, 0.3) is 22.3 Å². The minimum Gasteiger partial charge on any atom is -0.375 e. The highest BCUT2D eigenvalue weighted by molar-refractivity contribution is 5.94. The fourth-order valence-electron chi connectivity index (χ4n) is 5.57. The van der Waals surface area contributed by atoms with Crippen molar-refractivity contribution in [2.24, 2.45) is 0 Å². The molecule has 0 radical (unpaired) electrons. The topological polar surface area (TPSA) is 113 Å². The predicted molar refractivity (Wildman–Crippen MR) is 155 cm³/mol. The quantitative estimate of drug-likeness (QED) is 0.387. The Balaban J connectivity index is 1.19. The number of morpholine rings is 1. The molecule has 5 heterocycles. The van der Waals surface area contributed by atoms with Gasteiger partial charge in [-0.2, -0.15) is 5.26 Å². The van der Waals surface area contributed by atoms with Gasteiger partial charge >= 0.3 is 0 Å². The van der Waals surface area contributed by atoms with Gasteiger partial charge in [0.2, 0.25) is 0 Å². The molecular weight excluding hydrogens is 516 g/mol. The Morgan fingerprint density at radius 3 is 2.71 bits per heavy atom. The zero-order valence-electron chi connectivity index (χ0n) is 23.4. The molecule has 3 aromatic heterocycles. The fraction of sp³-hybridized carbons (Fsp3) is 0.344. The molecular formula is C32H32N6O3. The smallest absolute Gasteiger partial charge is 0.251 e. The van der Waals surface area contributed by atoms with Gasteiger partial charge in [0.25, 0.3) is 5.91 Å². The van der Waals surface area contributed by atoms with Crippen LogP contribution in [0, 0.1) is 11.3 Å². The Bertz CT molecular complexity index is 1660. The molecule has 0 aliphatic carbocycles. The summed E-state index contributed by atoms with van der Waals surface area (Å²) in [4.78, 5) is 29.6. The van der Waals surface area contributed by atoms with Gasteiger partial charge in [-0.05, 0) is 74.4 Å². The molecule has 1 aromatic carbocycles. The Labute approximate surface area is 239 Å². The average Bonchev–Trinajstić information content (AvgIpc) is 2.99. The molecule has 1 fully saturated rings. The van der Waals surface area contributed by atoms with E-state index in [2.05, 4.69) is 35.1 Å². The summed E-state index contributed by atoms with van der Waals surface area (Å²) in [5, 5.41) is 13.6. The van der Waals surface area contributed by atoms with Gasteiger partial charge in [-0.1, -0.05) is 12.1 Å². The molecule has 1 saturated heterocycles. The third-order valence-corrected chi connectivity index (χ3v) is 7.66. The Morgan fingerprint density at radius 2 is 1.90 bits per heavy atom. The van der Waals surface area contributed by atoms with Crippen LogP contribution in [0.2, 0.25) is 0 Å². The Hall–Kier alpha value is -4.39. The number of nitrogens with one attached hydrogen (secondary N) is 1. The Morgan fingerprint density at radius 1 is 1.10 bits per heavy atom. The molecule has 9 nitrogen and oxygen atoms in total. The average molecular weight is 549 g/mol. The standard InChI is InChI=1S/C32H32N6O3/c1-20-15-38(16-21(2)41-20)30-6-4-5-27(37-30)28-10-9-23-13-34-25(12-29(23)36-28)14-35-31(39)22-7-8-24-17-40-19-32(3,18-33)26(24)11-22/h4-13,20-21H,14-17,19H2,1-3H3,(H,35,39)/t20-,21+,32-/m0/s1. The first-order valence-electron chi connectivity index (χ1n) is 13.9. The van der Waals surface area contributed by atoms with Crippen molar-refractivity contribution in [3.63, 3.8) is 0 Å². The van der Waals surface area contributed by atoms with Crippen molar-refractivity contribution in [3.8, 4) is 17.5 Å². The number of pyridine rings is 3. The number of aromatic nitrogens is 3. The van der Waals surface area contributed by atoms with E-state index in [0.29, 0.717) is 24.5 Å². The number of hydrogen-bond donors (Lipinski definition) is 1. The molecule has 1 N–H and O–H groups in total. The van der Waals surface area contributed by atoms with Gasteiger partial charge in [0.05, 0.1) is 60.6 Å². The summed E-state index contributed by atoms with van der Waals surface area (Å²) in [6.45, 7) is 8.59. The van der Waals surface area contributed by atoms with Crippen LogP contribution in [0.15, 0.2) is 60.8 Å². The van der Waals surface area contributed by atoms with Crippen LogP contribution in [0.5, 0.6) is 0 Å². The molecule has 9 heteroatoms. The van der Waals surface area contributed by atoms with Gasteiger partial charge in [-0.25, -0.2) is 9.97 Å². The van der Waals surface area contributed by atoms with Crippen LogP contribution >= 0.6 is 0 Å². The number of carbonyl (C=O) groups excluding carboxylic acids is 1. The van der Waals surface area contributed by atoms with E-state index in [1.165, 1.54) is 0 Å². The van der Waals surface area contributed by atoms with Crippen molar-refractivity contribution in [2.75, 3.05) is 24.6 Å². The van der Waals surface area contributed by atoms with Gasteiger partial charge in [0, 0.05) is 30.2 Å². The van der Waals surface area contributed by atoms with E-state index < -0.39 is 5.41 Å². The van der Waals surface area contributed by atoms with Crippen LogP contribution in [0.1, 0.15) is 48.0 Å². The number of benzene rings is 1. The third-order valence-electron chi connectivity index (χ3n) is 7.66. The van der Waals surface area contributed by atoms with E-state index in [0.717, 1.165) is 52.3 Å². The fourth-order valence-corrected chi connectivity index (χ4v) is 5.57. The number of hydrogen-bond acceptors (Lipinski definition) is 8. The second-order valence-electron chi connectivity index (χ2n) is 11.1. The summed E-state index contributed by atoms with van der Waals surface area (Å²) < 4.78 is 11.4. The largest absolute Gasteiger partial charge is 0.375 e. The highest BCUT2D eigenvalue weighted by Crippen LogP contribution is 2.32. The molecule has 1 amide bonds. The molecule has 0 saturated carbocycles. The zero-order chi connectivity index (χ0) is 28.6. The van der Waals surface area contributed by atoms with Crippen molar-refractivity contribution in [1.82, 2.24) is 20.3 Å². The number of amides is 1. The van der Waals surface area contributed by atoms with Crippen LogP contribution in [-0.2, 0) is 28.0 Å². The first-order chi connectivity index (χ1) is 19.8. The van der Waals surface area contributed by atoms with Crippen molar-refractivity contribution >= 4 is 22.6 Å². The third kappa shape index (κ3) is 5.49. The minimum atomic E-state index is -0.777. The summed E-state index contributed by atoms with van der Waals surface area (Å²) in [6.07, 6.45) is 2.06. The van der Waals surface area contributed by atoms with Gasteiger partial charge in [0.1, 0.15) is 11.2 Å². The lowest BCUT2D eigenvalue weighted by Crippen LogP contribution is -2.45. The summed E-state index contributed by atoms with van der Waals surface area (Å²) >= 11 is 0. The summed E-state index contributed by atoms with van der Waals surface area (Å²) in [5.74, 6) is 0.685. The number of anilines is 1.